The molecular formula is C13H15Cl2FN2O. The van der Waals surface area contributed by atoms with E-state index in [-0.39, 0.29) is 27.8 Å². The Bertz CT molecular complexity index is 473. The molecule has 0 saturated heterocycles. The van der Waals surface area contributed by atoms with Crippen molar-refractivity contribution in [1.82, 2.24) is 0 Å². The van der Waals surface area contributed by atoms with Crippen molar-refractivity contribution in [2.45, 2.75) is 19.3 Å². The van der Waals surface area contributed by atoms with Crippen LogP contribution in [-0.4, -0.2) is 12.5 Å². The van der Waals surface area contributed by atoms with Crippen molar-refractivity contribution < 1.29 is 9.18 Å². The summed E-state index contributed by atoms with van der Waals surface area (Å²) >= 11 is 11.4. The van der Waals surface area contributed by atoms with E-state index >= 15 is 0 Å². The summed E-state index contributed by atoms with van der Waals surface area (Å²) in [6, 6.07) is 2.71. The number of amides is 1. The summed E-state index contributed by atoms with van der Waals surface area (Å²) in [5.41, 5.74) is 6.06. The molecule has 1 aliphatic carbocycles. The van der Waals surface area contributed by atoms with E-state index in [0.29, 0.717) is 12.2 Å². The van der Waals surface area contributed by atoms with Gasteiger partial charge in [-0.2, -0.15) is 0 Å². The number of nitrogens with two attached hydrogens (primary N) is 1. The highest BCUT2D eigenvalue weighted by molar-refractivity contribution is 6.35. The molecule has 2 unspecified atom stereocenters. The lowest BCUT2D eigenvalue weighted by atomic mass is 9.95. The number of rotatable bonds is 3. The highest BCUT2D eigenvalue weighted by Gasteiger charge is 2.32. The van der Waals surface area contributed by atoms with Gasteiger partial charge >= 0.3 is 0 Å². The van der Waals surface area contributed by atoms with Gasteiger partial charge in [-0.15, -0.1) is 0 Å². The highest BCUT2D eigenvalue weighted by atomic mass is 35.5. The minimum absolute atomic E-state index is 0.0902. The summed E-state index contributed by atoms with van der Waals surface area (Å²) in [5.74, 6) is -0.660. The van der Waals surface area contributed by atoms with Gasteiger partial charge in [-0.25, -0.2) is 4.39 Å². The van der Waals surface area contributed by atoms with E-state index in [1.807, 2.05) is 0 Å². The molecule has 1 aliphatic rings. The van der Waals surface area contributed by atoms with Gasteiger partial charge in [0.25, 0.3) is 0 Å². The molecule has 0 aromatic heterocycles. The van der Waals surface area contributed by atoms with Crippen LogP contribution in [0.15, 0.2) is 12.1 Å². The smallest absolute Gasteiger partial charge is 0.227 e. The van der Waals surface area contributed by atoms with E-state index in [1.54, 1.807) is 0 Å². The fourth-order valence-corrected chi connectivity index (χ4v) is 3.01. The summed E-state index contributed by atoms with van der Waals surface area (Å²) in [6.07, 6.45) is 2.81. The van der Waals surface area contributed by atoms with E-state index in [2.05, 4.69) is 5.32 Å². The Morgan fingerprint density at radius 3 is 2.58 bits per heavy atom. The van der Waals surface area contributed by atoms with Crippen molar-refractivity contribution >= 4 is 34.8 Å². The summed E-state index contributed by atoms with van der Waals surface area (Å²) in [6.45, 7) is 0.503. The molecule has 104 valence electrons. The van der Waals surface area contributed by atoms with Crippen molar-refractivity contribution in [3.05, 3.63) is 28.0 Å². The second kappa shape index (κ2) is 6.07. The molecule has 1 fully saturated rings. The normalized spacial score (nSPS) is 22.5. The number of halogens is 3. The van der Waals surface area contributed by atoms with Gasteiger partial charge < -0.3 is 11.1 Å². The third kappa shape index (κ3) is 3.19. The van der Waals surface area contributed by atoms with Gasteiger partial charge in [0, 0.05) is 11.6 Å². The summed E-state index contributed by atoms with van der Waals surface area (Å²) in [4.78, 5) is 12.1. The van der Waals surface area contributed by atoms with Crippen LogP contribution in [0.5, 0.6) is 0 Å². The van der Waals surface area contributed by atoms with E-state index in [9.17, 15) is 9.18 Å². The third-order valence-corrected chi connectivity index (χ3v) is 4.10. The Morgan fingerprint density at radius 2 is 2.00 bits per heavy atom. The van der Waals surface area contributed by atoms with E-state index in [4.69, 9.17) is 28.9 Å². The SMILES string of the molecule is NCC1CCCC1C(=O)Nc1cc(Cl)c(F)c(Cl)c1. The monoisotopic (exact) mass is 304 g/mol. The van der Waals surface area contributed by atoms with Crippen LogP contribution in [0.25, 0.3) is 0 Å². The average molecular weight is 305 g/mol. The van der Waals surface area contributed by atoms with Crippen LogP contribution in [0, 0.1) is 17.7 Å². The number of hydrogen-bond acceptors (Lipinski definition) is 2. The van der Waals surface area contributed by atoms with Crippen molar-refractivity contribution in [1.29, 1.82) is 0 Å². The zero-order valence-electron chi connectivity index (χ0n) is 10.3. The van der Waals surface area contributed by atoms with Crippen molar-refractivity contribution in [2.75, 3.05) is 11.9 Å². The van der Waals surface area contributed by atoms with Crippen LogP contribution in [0.3, 0.4) is 0 Å². The predicted octanol–water partition coefficient (Wildman–Crippen LogP) is 3.45. The van der Waals surface area contributed by atoms with Crippen LogP contribution in [0.4, 0.5) is 10.1 Å². The quantitative estimate of drug-likeness (QED) is 0.840. The van der Waals surface area contributed by atoms with Crippen molar-refractivity contribution in [2.24, 2.45) is 17.6 Å². The zero-order chi connectivity index (χ0) is 14.0. The van der Waals surface area contributed by atoms with Crippen LogP contribution in [0.2, 0.25) is 10.0 Å². The Kier molecular flexibility index (Phi) is 4.66. The van der Waals surface area contributed by atoms with Gasteiger partial charge in [0.2, 0.25) is 5.91 Å². The fraction of sp³-hybridized carbons (Fsp3) is 0.462. The molecule has 0 aliphatic heterocycles. The first kappa shape index (κ1) is 14.6. The lowest BCUT2D eigenvalue weighted by Crippen LogP contribution is -2.29. The maximum absolute atomic E-state index is 13.3. The molecular weight excluding hydrogens is 290 g/mol. The first-order valence-corrected chi connectivity index (χ1v) is 6.94. The van der Waals surface area contributed by atoms with E-state index in [1.165, 1.54) is 12.1 Å². The van der Waals surface area contributed by atoms with Gasteiger partial charge in [-0.3, -0.25) is 4.79 Å². The Morgan fingerprint density at radius 1 is 1.37 bits per heavy atom. The maximum atomic E-state index is 13.3. The lowest BCUT2D eigenvalue weighted by Gasteiger charge is -2.17. The molecule has 3 nitrogen and oxygen atoms in total. The molecule has 1 saturated carbocycles. The number of hydrogen-bond donors (Lipinski definition) is 2. The van der Waals surface area contributed by atoms with E-state index < -0.39 is 5.82 Å². The number of carbonyl (C=O) groups is 1. The average Bonchev–Trinajstić information content (AvgIpc) is 2.84. The lowest BCUT2D eigenvalue weighted by molar-refractivity contribution is -0.120. The van der Waals surface area contributed by atoms with Gasteiger partial charge in [0.15, 0.2) is 5.82 Å². The summed E-state index contributed by atoms with van der Waals surface area (Å²) in [7, 11) is 0. The molecule has 19 heavy (non-hydrogen) atoms. The van der Waals surface area contributed by atoms with Gasteiger partial charge in [0.1, 0.15) is 0 Å². The number of anilines is 1. The number of nitrogens with one attached hydrogen (secondary N) is 1. The second-order valence-corrected chi connectivity index (χ2v) is 5.59. The van der Waals surface area contributed by atoms with Crippen LogP contribution >= 0.6 is 23.2 Å². The van der Waals surface area contributed by atoms with Gasteiger partial charge in [0.05, 0.1) is 10.0 Å². The number of benzene rings is 1. The van der Waals surface area contributed by atoms with Gasteiger partial charge in [-0.1, -0.05) is 29.6 Å². The molecule has 0 radical (unpaired) electrons. The van der Waals surface area contributed by atoms with Crippen molar-refractivity contribution in [3.63, 3.8) is 0 Å². The molecule has 0 heterocycles. The number of carbonyl (C=O) groups excluding carboxylic acids is 1. The second-order valence-electron chi connectivity index (χ2n) is 4.78. The topological polar surface area (TPSA) is 55.1 Å². The summed E-state index contributed by atoms with van der Waals surface area (Å²) in [5, 5.41) is 2.51. The summed E-state index contributed by atoms with van der Waals surface area (Å²) < 4.78 is 13.3. The molecule has 2 rings (SSSR count). The fourth-order valence-electron chi connectivity index (χ4n) is 2.53. The van der Waals surface area contributed by atoms with Gasteiger partial charge in [-0.05, 0) is 37.4 Å². The first-order valence-electron chi connectivity index (χ1n) is 6.18. The molecule has 0 bridgehead atoms. The molecule has 1 aromatic rings. The maximum Gasteiger partial charge on any atom is 0.227 e. The molecule has 2 atom stereocenters. The van der Waals surface area contributed by atoms with Crippen LogP contribution < -0.4 is 11.1 Å². The molecule has 1 amide bonds. The Balaban J connectivity index is 2.11. The largest absolute Gasteiger partial charge is 0.330 e. The first-order chi connectivity index (χ1) is 9.02. The van der Waals surface area contributed by atoms with Crippen molar-refractivity contribution in [3.8, 4) is 0 Å². The predicted molar refractivity (Wildman–Crippen MR) is 74.9 cm³/mol. The Hall–Kier alpha value is -0.840. The van der Waals surface area contributed by atoms with Crippen LogP contribution in [0.1, 0.15) is 19.3 Å². The highest BCUT2D eigenvalue weighted by Crippen LogP contribution is 2.33. The zero-order valence-corrected chi connectivity index (χ0v) is 11.8. The van der Waals surface area contributed by atoms with Crippen LogP contribution in [-0.2, 0) is 4.79 Å². The third-order valence-electron chi connectivity index (χ3n) is 3.55. The minimum atomic E-state index is -0.679. The Labute approximate surface area is 121 Å². The molecule has 6 heteroatoms. The molecule has 3 N–H and O–H groups in total. The van der Waals surface area contributed by atoms with E-state index in [0.717, 1.165) is 19.3 Å². The molecule has 0 spiro atoms. The minimum Gasteiger partial charge on any atom is -0.330 e. The molecule has 1 aromatic carbocycles. The standard InChI is InChI=1S/C13H15Cl2FN2O/c14-10-4-8(5-11(15)12(10)16)18-13(19)9-3-1-2-7(9)6-17/h4-5,7,9H,1-3,6,17H2,(H,18,19).